The highest BCUT2D eigenvalue weighted by Crippen LogP contribution is 2.21. The van der Waals surface area contributed by atoms with Crippen molar-refractivity contribution in [3.05, 3.63) is 28.2 Å². The molecule has 1 unspecified atom stereocenters. The molecule has 0 spiro atoms. The van der Waals surface area contributed by atoms with Gasteiger partial charge in [-0.25, -0.2) is 5.10 Å². The maximum Gasteiger partial charge on any atom is 0.274 e. The zero-order valence-electron chi connectivity index (χ0n) is 11.6. The van der Waals surface area contributed by atoms with Crippen molar-refractivity contribution in [2.45, 2.75) is 45.1 Å². The summed E-state index contributed by atoms with van der Waals surface area (Å²) < 4.78 is 0. The number of likely N-dealkylation sites (tertiary alicyclic amines) is 1. The number of hydrogen-bond donors (Lipinski definition) is 1. The van der Waals surface area contributed by atoms with E-state index in [9.17, 15) is 14.4 Å². The zero-order valence-corrected chi connectivity index (χ0v) is 11.6. The van der Waals surface area contributed by atoms with Crippen LogP contribution in [0.1, 0.15) is 49.5 Å². The van der Waals surface area contributed by atoms with Crippen molar-refractivity contribution < 1.29 is 9.59 Å². The number of carbonyl (C=O) groups excluding carboxylic acids is 2. The van der Waals surface area contributed by atoms with Crippen LogP contribution in [0.5, 0.6) is 0 Å². The fourth-order valence-electron chi connectivity index (χ4n) is 2.60. The Morgan fingerprint density at radius 1 is 1.35 bits per heavy atom. The highest BCUT2D eigenvalue weighted by atomic mass is 16.2. The van der Waals surface area contributed by atoms with Gasteiger partial charge in [0.15, 0.2) is 0 Å². The Kier molecular flexibility index (Phi) is 4.65. The van der Waals surface area contributed by atoms with Gasteiger partial charge in [-0.15, -0.1) is 0 Å². The average Bonchev–Trinajstić information content (AvgIpc) is 2.63. The predicted molar refractivity (Wildman–Crippen MR) is 73.4 cm³/mol. The fourth-order valence-corrected chi connectivity index (χ4v) is 2.60. The minimum Gasteiger partial charge on any atom is -0.334 e. The third-order valence-electron chi connectivity index (χ3n) is 3.56. The first-order valence-corrected chi connectivity index (χ1v) is 6.94. The molecule has 0 radical (unpaired) electrons. The maximum atomic E-state index is 12.5. The van der Waals surface area contributed by atoms with Gasteiger partial charge >= 0.3 is 0 Å². The van der Waals surface area contributed by atoms with Gasteiger partial charge in [0.1, 0.15) is 11.5 Å². The number of rotatable bonds is 3. The van der Waals surface area contributed by atoms with Crippen LogP contribution in [-0.4, -0.2) is 39.4 Å². The van der Waals surface area contributed by atoms with Crippen LogP contribution >= 0.6 is 0 Å². The third-order valence-corrected chi connectivity index (χ3v) is 3.56. The summed E-state index contributed by atoms with van der Waals surface area (Å²) in [5.41, 5.74) is -0.113. The van der Waals surface area contributed by atoms with Crippen LogP contribution in [0.25, 0.3) is 0 Å². The van der Waals surface area contributed by atoms with Crippen molar-refractivity contribution in [3.63, 3.8) is 0 Å². The number of H-pyrrole nitrogens is 1. The predicted octanol–water partition coefficient (Wildman–Crippen LogP) is 1.13. The summed E-state index contributed by atoms with van der Waals surface area (Å²) in [4.78, 5) is 36.6. The Labute approximate surface area is 117 Å². The number of nitrogens with zero attached hydrogens (tertiary/aromatic N) is 2. The molecule has 1 atom stereocenters. The number of aromatic amines is 1. The number of ketones is 1. The quantitative estimate of drug-likeness (QED) is 0.897. The molecule has 1 N–H and O–H groups in total. The maximum absolute atomic E-state index is 12.5. The lowest BCUT2D eigenvalue weighted by atomic mass is 10.0. The number of nitrogens with one attached hydrogen (secondary N) is 1. The molecule has 0 saturated carbocycles. The summed E-state index contributed by atoms with van der Waals surface area (Å²) in [7, 11) is 0. The fraction of sp³-hybridized carbons (Fsp3) is 0.571. The third kappa shape index (κ3) is 3.53. The lowest BCUT2D eigenvalue weighted by molar-refractivity contribution is -0.118. The van der Waals surface area contributed by atoms with Crippen LogP contribution in [0.2, 0.25) is 0 Å². The largest absolute Gasteiger partial charge is 0.334 e. The van der Waals surface area contributed by atoms with Crippen molar-refractivity contribution in [1.82, 2.24) is 15.1 Å². The van der Waals surface area contributed by atoms with E-state index in [-0.39, 0.29) is 29.0 Å². The lowest BCUT2D eigenvalue weighted by Gasteiger charge is -2.29. The first-order chi connectivity index (χ1) is 9.58. The summed E-state index contributed by atoms with van der Waals surface area (Å²) in [6, 6.07) is 2.66. The Hall–Kier alpha value is -1.98. The molecule has 0 aliphatic carbocycles. The average molecular weight is 277 g/mol. The van der Waals surface area contributed by atoms with Gasteiger partial charge < -0.3 is 4.90 Å². The van der Waals surface area contributed by atoms with Gasteiger partial charge in [0.2, 0.25) is 0 Å². The van der Waals surface area contributed by atoms with Gasteiger partial charge in [0.05, 0.1) is 0 Å². The van der Waals surface area contributed by atoms with E-state index in [2.05, 4.69) is 10.2 Å². The van der Waals surface area contributed by atoms with Crippen molar-refractivity contribution in [3.8, 4) is 0 Å². The molecule has 1 aromatic rings. The van der Waals surface area contributed by atoms with E-state index in [0.29, 0.717) is 13.0 Å². The monoisotopic (exact) mass is 277 g/mol. The number of hydrogen-bond acceptors (Lipinski definition) is 4. The van der Waals surface area contributed by atoms with Gasteiger partial charge in [-0.3, -0.25) is 14.4 Å². The number of amides is 1. The number of aromatic nitrogens is 2. The van der Waals surface area contributed by atoms with Crippen LogP contribution in [0, 0.1) is 0 Å². The standard InChI is InChI=1S/C14H19N3O3/c1-10(18)9-11-5-3-2-4-8-17(11)14(20)12-6-7-13(19)16-15-12/h6-7,11H,2-5,8-9H2,1H3,(H,16,19). The van der Waals surface area contributed by atoms with E-state index in [4.69, 9.17) is 0 Å². The zero-order chi connectivity index (χ0) is 14.5. The minimum absolute atomic E-state index is 0.0590. The Morgan fingerprint density at radius 2 is 2.15 bits per heavy atom. The second kappa shape index (κ2) is 6.45. The topological polar surface area (TPSA) is 83.1 Å². The molecular formula is C14H19N3O3. The van der Waals surface area contributed by atoms with E-state index < -0.39 is 0 Å². The molecule has 1 amide bonds. The SMILES string of the molecule is CC(=O)CC1CCCCCN1C(=O)c1ccc(=O)[nH]n1. The van der Waals surface area contributed by atoms with E-state index in [0.717, 1.165) is 25.7 Å². The molecule has 20 heavy (non-hydrogen) atoms. The van der Waals surface area contributed by atoms with Crippen LogP contribution in [0.3, 0.4) is 0 Å². The van der Waals surface area contributed by atoms with E-state index in [1.807, 2.05) is 0 Å². The van der Waals surface area contributed by atoms with Crippen LogP contribution < -0.4 is 5.56 Å². The van der Waals surface area contributed by atoms with E-state index in [1.165, 1.54) is 12.1 Å². The summed E-state index contributed by atoms with van der Waals surface area (Å²) in [5, 5.41) is 6.06. The first-order valence-electron chi connectivity index (χ1n) is 6.94. The molecule has 108 valence electrons. The van der Waals surface area contributed by atoms with Gasteiger partial charge in [0.25, 0.3) is 11.5 Å². The molecule has 6 heteroatoms. The normalized spacial score (nSPS) is 19.4. The van der Waals surface area contributed by atoms with Crippen molar-refractivity contribution in [2.75, 3.05) is 6.54 Å². The van der Waals surface area contributed by atoms with Crippen molar-refractivity contribution in [1.29, 1.82) is 0 Å². The first kappa shape index (κ1) is 14.4. The molecule has 1 aromatic heterocycles. The highest BCUT2D eigenvalue weighted by molar-refractivity contribution is 5.92. The lowest BCUT2D eigenvalue weighted by Crippen LogP contribution is -2.41. The number of carbonyl (C=O) groups is 2. The van der Waals surface area contributed by atoms with Crippen molar-refractivity contribution in [2.24, 2.45) is 0 Å². The van der Waals surface area contributed by atoms with Gasteiger partial charge in [-0.2, -0.15) is 5.10 Å². The Bertz CT molecular complexity index is 532. The molecule has 2 heterocycles. The highest BCUT2D eigenvalue weighted by Gasteiger charge is 2.27. The Balaban J connectivity index is 2.20. The summed E-state index contributed by atoms with van der Waals surface area (Å²) in [6.45, 7) is 2.18. The van der Waals surface area contributed by atoms with E-state index >= 15 is 0 Å². The molecule has 1 aliphatic heterocycles. The van der Waals surface area contributed by atoms with Crippen molar-refractivity contribution >= 4 is 11.7 Å². The molecule has 6 nitrogen and oxygen atoms in total. The molecule has 1 aliphatic rings. The second-order valence-electron chi connectivity index (χ2n) is 5.21. The Morgan fingerprint density at radius 3 is 2.80 bits per heavy atom. The molecule has 1 fully saturated rings. The molecule has 0 bridgehead atoms. The molecule has 0 aromatic carbocycles. The molecule has 1 saturated heterocycles. The van der Waals surface area contributed by atoms with Gasteiger partial charge in [-0.05, 0) is 25.8 Å². The van der Waals surface area contributed by atoms with E-state index in [1.54, 1.807) is 11.8 Å². The smallest absolute Gasteiger partial charge is 0.274 e. The molecule has 2 rings (SSSR count). The summed E-state index contributed by atoms with van der Waals surface area (Å²) >= 11 is 0. The van der Waals surface area contributed by atoms with Gasteiger partial charge in [0, 0.05) is 25.1 Å². The van der Waals surface area contributed by atoms with Crippen LogP contribution in [0.15, 0.2) is 16.9 Å². The second-order valence-corrected chi connectivity index (χ2v) is 5.21. The minimum atomic E-state index is -0.335. The summed E-state index contributed by atoms with van der Waals surface area (Å²) in [6.07, 6.45) is 4.26. The van der Waals surface area contributed by atoms with Crippen LogP contribution in [-0.2, 0) is 4.79 Å². The van der Waals surface area contributed by atoms with Crippen LogP contribution in [0.4, 0.5) is 0 Å². The van der Waals surface area contributed by atoms with Gasteiger partial charge in [-0.1, -0.05) is 12.8 Å². The molecular weight excluding hydrogens is 258 g/mol. The summed E-state index contributed by atoms with van der Waals surface area (Å²) in [5.74, 6) is -0.126. The number of Topliss-reactive ketones (excluding diaryl/α,β-unsaturated/α-hetero) is 1.